The highest BCUT2D eigenvalue weighted by Crippen LogP contribution is 2.24. The van der Waals surface area contributed by atoms with Gasteiger partial charge in [0.15, 0.2) is 0 Å². The highest BCUT2D eigenvalue weighted by molar-refractivity contribution is 5.92. The van der Waals surface area contributed by atoms with Crippen LogP contribution in [0.3, 0.4) is 0 Å². The van der Waals surface area contributed by atoms with Crippen LogP contribution in [0.2, 0.25) is 0 Å². The summed E-state index contributed by atoms with van der Waals surface area (Å²) in [4.78, 5) is 23.8. The average Bonchev–Trinajstić information content (AvgIpc) is 2.68. The fourth-order valence-corrected chi connectivity index (χ4v) is 3.66. The lowest BCUT2D eigenvalue weighted by Gasteiger charge is -2.32. The van der Waals surface area contributed by atoms with E-state index in [1.807, 2.05) is 6.92 Å². The summed E-state index contributed by atoms with van der Waals surface area (Å²) in [5, 5.41) is 2.97. The van der Waals surface area contributed by atoms with Crippen LogP contribution in [-0.4, -0.2) is 35.5 Å². The van der Waals surface area contributed by atoms with Gasteiger partial charge in [0, 0.05) is 25.3 Å². The maximum atomic E-state index is 12.4. The molecule has 5 nitrogen and oxygen atoms in total. The summed E-state index contributed by atoms with van der Waals surface area (Å²) in [6, 6.07) is 12.5. The van der Waals surface area contributed by atoms with Crippen LogP contribution >= 0.6 is 0 Å². The number of benzene rings is 1. The molecule has 0 unspecified atom stereocenters. The molecule has 5 heteroatoms. The summed E-state index contributed by atoms with van der Waals surface area (Å²) in [7, 11) is 0. The smallest absolute Gasteiger partial charge is 0.270 e. The first-order valence-corrected chi connectivity index (χ1v) is 10.4. The van der Waals surface area contributed by atoms with E-state index in [4.69, 9.17) is 0 Å². The first-order valence-electron chi connectivity index (χ1n) is 10.4. The molecule has 0 bridgehead atoms. The summed E-state index contributed by atoms with van der Waals surface area (Å²) < 4.78 is 0. The number of hydrogen-bond acceptors (Lipinski definition) is 4. The van der Waals surface area contributed by atoms with Gasteiger partial charge in [-0.2, -0.15) is 0 Å². The largest absolute Gasteiger partial charge is 0.351 e. The van der Waals surface area contributed by atoms with Crippen LogP contribution in [0.25, 0.3) is 0 Å². The number of aryl methyl sites for hydroxylation is 1. The zero-order valence-corrected chi connectivity index (χ0v) is 17.3. The third kappa shape index (κ3) is 5.78. The SMILES string of the molecule is Cc1cc(C(=O)NCCC(C)C)nc(N2CCC(Cc3ccccc3)CC2)n1. The monoisotopic (exact) mass is 380 g/mol. The van der Waals surface area contributed by atoms with Crippen molar-refractivity contribution in [3.05, 3.63) is 53.3 Å². The highest BCUT2D eigenvalue weighted by atomic mass is 16.1. The Labute approximate surface area is 168 Å². The zero-order valence-electron chi connectivity index (χ0n) is 17.3. The minimum atomic E-state index is -0.105. The van der Waals surface area contributed by atoms with Gasteiger partial charge in [0.25, 0.3) is 5.91 Å². The first-order chi connectivity index (χ1) is 13.5. The minimum Gasteiger partial charge on any atom is -0.351 e. The summed E-state index contributed by atoms with van der Waals surface area (Å²) in [6.07, 6.45) is 4.36. The molecule has 1 N–H and O–H groups in total. The number of nitrogens with one attached hydrogen (secondary N) is 1. The molecule has 1 aliphatic rings. The lowest BCUT2D eigenvalue weighted by molar-refractivity contribution is 0.0946. The number of amides is 1. The van der Waals surface area contributed by atoms with Crippen molar-refractivity contribution in [3.63, 3.8) is 0 Å². The maximum absolute atomic E-state index is 12.4. The summed E-state index contributed by atoms with van der Waals surface area (Å²) in [6.45, 7) is 8.80. The molecule has 1 saturated heterocycles. The second-order valence-corrected chi connectivity index (χ2v) is 8.25. The maximum Gasteiger partial charge on any atom is 0.270 e. The van der Waals surface area contributed by atoms with Gasteiger partial charge in [-0.15, -0.1) is 0 Å². The van der Waals surface area contributed by atoms with E-state index in [0.29, 0.717) is 30.0 Å². The molecule has 1 fully saturated rings. The van der Waals surface area contributed by atoms with Gasteiger partial charge in [0.1, 0.15) is 5.69 Å². The molecular formula is C23H32N4O. The Bertz CT molecular complexity index is 767. The van der Waals surface area contributed by atoms with E-state index in [9.17, 15) is 4.79 Å². The lowest BCUT2D eigenvalue weighted by atomic mass is 9.90. The molecule has 3 rings (SSSR count). The standard InChI is InChI=1S/C23H32N4O/c1-17(2)9-12-24-22(28)21-15-18(3)25-23(26-21)27-13-10-20(11-14-27)16-19-7-5-4-6-8-19/h4-8,15,17,20H,9-14,16H2,1-3H3,(H,24,28). The number of nitrogens with zero attached hydrogens (tertiary/aromatic N) is 3. The van der Waals surface area contributed by atoms with E-state index < -0.39 is 0 Å². The van der Waals surface area contributed by atoms with Crippen LogP contribution in [0.4, 0.5) is 5.95 Å². The van der Waals surface area contributed by atoms with Gasteiger partial charge in [-0.3, -0.25) is 4.79 Å². The third-order valence-electron chi connectivity index (χ3n) is 5.35. The van der Waals surface area contributed by atoms with E-state index in [1.54, 1.807) is 6.07 Å². The predicted molar refractivity (Wildman–Crippen MR) is 114 cm³/mol. The van der Waals surface area contributed by atoms with Crippen molar-refractivity contribution < 1.29 is 4.79 Å². The van der Waals surface area contributed by atoms with Crippen LogP contribution < -0.4 is 10.2 Å². The van der Waals surface area contributed by atoms with Crippen molar-refractivity contribution in [2.75, 3.05) is 24.5 Å². The van der Waals surface area contributed by atoms with Crippen molar-refractivity contribution in [1.29, 1.82) is 0 Å². The van der Waals surface area contributed by atoms with Gasteiger partial charge in [-0.1, -0.05) is 44.2 Å². The van der Waals surface area contributed by atoms with Crippen molar-refractivity contribution in [1.82, 2.24) is 15.3 Å². The Morgan fingerprint density at radius 1 is 1.18 bits per heavy atom. The number of aromatic nitrogens is 2. The molecular weight excluding hydrogens is 348 g/mol. The van der Waals surface area contributed by atoms with Crippen molar-refractivity contribution >= 4 is 11.9 Å². The second kappa shape index (κ2) is 9.67. The molecule has 2 heterocycles. The topological polar surface area (TPSA) is 58.1 Å². The van der Waals surface area contributed by atoms with E-state index in [0.717, 1.165) is 44.5 Å². The molecule has 0 spiro atoms. The van der Waals surface area contributed by atoms with Gasteiger partial charge in [-0.05, 0) is 56.1 Å². The lowest BCUT2D eigenvalue weighted by Crippen LogP contribution is -2.36. The molecule has 1 amide bonds. The van der Waals surface area contributed by atoms with E-state index >= 15 is 0 Å². The molecule has 28 heavy (non-hydrogen) atoms. The summed E-state index contributed by atoms with van der Waals surface area (Å²) in [5.41, 5.74) is 2.72. The Hall–Kier alpha value is -2.43. The molecule has 0 atom stereocenters. The fraction of sp³-hybridized carbons (Fsp3) is 0.522. The molecule has 1 aromatic carbocycles. The van der Waals surface area contributed by atoms with E-state index in [-0.39, 0.29) is 5.91 Å². The van der Waals surface area contributed by atoms with Gasteiger partial charge in [-0.25, -0.2) is 9.97 Å². The molecule has 0 saturated carbocycles. The molecule has 1 aliphatic heterocycles. The van der Waals surface area contributed by atoms with Crippen molar-refractivity contribution in [2.45, 2.75) is 46.5 Å². The number of rotatable bonds is 7. The summed E-state index contributed by atoms with van der Waals surface area (Å²) >= 11 is 0. The molecule has 1 aromatic heterocycles. The van der Waals surface area contributed by atoms with E-state index in [2.05, 4.69) is 64.4 Å². The number of anilines is 1. The van der Waals surface area contributed by atoms with Crippen LogP contribution in [0, 0.1) is 18.8 Å². The molecule has 0 aliphatic carbocycles. The average molecular weight is 381 g/mol. The van der Waals surface area contributed by atoms with Crippen LogP contribution in [0.15, 0.2) is 36.4 Å². The zero-order chi connectivity index (χ0) is 19.9. The second-order valence-electron chi connectivity index (χ2n) is 8.25. The molecule has 0 radical (unpaired) electrons. The highest BCUT2D eigenvalue weighted by Gasteiger charge is 2.22. The number of carbonyl (C=O) groups is 1. The number of hydrogen-bond donors (Lipinski definition) is 1. The van der Waals surface area contributed by atoms with Gasteiger partial charge < -0.3 is 10.2 Å². The number of piperidine rings is 1. The van der Waals surface area contributed by atoms with Gasteiger partial charge >= 0.3 is 0 Å². The van der Waals surface area contributed by atoms with Gasteiger partial charge in [0.2, 0.25) is 5.95 Å². The Morgan fingerprint density at radius 2 is 1.89 bits per heavy atom. The quantitative estimate of drug-likeness (QED) is 0.788. The minimum absolute atomic E-state index is 0.105. The van der Waals surface area contributed by atoms with Crippen molar-refractivity contribution in [3.8, 4) is 0 Å². The van der Waals surface area contributed by atoms with Gasteiger partial charge in [0.05, 0.1) is 0 Å². The summed E-state index contributed by atoms with van der Waals surface area (Å²) in [5.74, 6) is 1.85. The molecule has 2 aromatic rings. The normalized spacial score (nSPS) is 15.1. The van der Waals surface area contributed by atoms with Crippen LogP contribution in [-0.2, 0) is 6.42 Å². The number of carbonyl (C=O) groups excluding carboxylic acids is 1. The fourth-order valence-electron chi connectivity index (χ4n) is 3.66. The van der Waals surface area contributed by atoms with Crippen molar-refractivity contribution in [2.24, 2.45) is 11.8 Å². The Morgan fingerprint density at radius 3 is 2.57 bits per heavy atom. The van der Waals surface area contributed by atoms with Crippen LogP contribution in [0.5, 0.6) is 0 Å². The molecule has 150 valence electrons. The Kier molecular flexibility index (Phi) is 7.01. The van der Waals surface area contributed by atoms with Crippen LogP contribution in [0.1, 0.15) is 54.9 Å². The predicted octanol–water partition coefficient (Wildman–Crippen LogP) is 4.02. The Balaban J connectivity index is 1.58. The third-order valence-corrected chi connectivity index (χ3v) is 5.35. The van der Waals surface area contributed by atoms with E-state index in [1.165, 1.54) is 5.56 Å². The first kappa shape index (κ1) is 20.3.